The molecule has 0 aromatic heterocycles. The minimum absolute atomic E-state index is 0.323. The number of nitroso groups, excluding NO2 is 1. The number of nitrogens with zero attached hydrogens (tertiary/aromatic N) is 3. The summed E-state index contributed by atoms with van der Waals surface area (Å²) in [5.74, 6) is 0. The molecule has 1 aliphatic carbocycles. The summed E-state index contributed by atoms with van der Waals surface area (Å²) in [6, 6.07) is -0.343. The van der Waals surface area contributed by atoms with E-state index in [9.17, 15) is 10.1 Å². The molecule has 1 atom stereocenters. The van der Waals surface area contributed by atoms with Gasteiger partial charge in [0.2, 0.25) is 0 Å². The first-order valence-electron chi connectivity index (χ1n) is 5.81. The summed E-state index contributed by atoms with van der Waals surface area (Å²) in [4.78, 5) is 10.3. The van der Waals surface area contributed by atoms with E-state index >= 15 is 0 Å². The van der Waals surface area contributed by atoms with Gasteiger partial charge in [0, 0.05) is 11.7 Å². The Morgan fingerprint density at radius 3 is 2.81 bits per heavy atom. The molecule has 0 aromatic rings. The Morgan fingerprint density at radius 2 is 2.12 bits per heavy atom. The van der Waals surface area contributed by atoms with E-state index in [4.69, 9.17) is 4.74 Å². The van der Waals surface area contributed by atoms with E-state index in [2.05, 4.69) is 9.86 Å². The minimum Gasteiger partial charge on any atom is -0.739 e. The fourth-order valence-corrected chi connectivity index (χ4v) is 2.49. The minimum atomic E-state index is -0.343. The topological polar surface area (TPSA) is 68.0 Å². The van der Waals surface area contributed by atoms with E-state index in [0.29, 0.717) is 18.4 Å². The summed E-state index contributed by atoms with van der Waals surface area (Å²) in [5, 5.41) is 14.2. The van der Waals surface area contributed by atoms with Crippen LogP contribution in [0.3, 0.4) is 0 Å². The highest BCUT2D eigenvalue weighted by Crippen LogP contribution is 2.21. The number of hydroxylamine groups is 1. The molecule has 6 nitrogen and oxygen atoms in total. The predicted octanol–water partition coefficient (Wildman–Crippen LogP) is 0.894. The van der Waals surface area contributed by atoms with Gasteiger partial charge in [-0.25, -0.2) is 4.58 Å². The maximum atomic E-state index is 11.4. The SMILES string of the molecule is O=NN([O-])C1CCCCC1=[N+]1CCOCC1. The Morgan fingerprint density at radius 1 is 1.38 bits per heavy atom. The summed E-state index contributed by atoms with van der Waals surface area (Å²) >= 11 is 0. The average molecular weight is 227 g/mol. The lowest BCUT2D eigenvalue weighted by Crippen LogP contribution is -2.44. The van der Waals surface area contributed by atoms with Crippen LogP contribution in [-0.2, 0) is 4.74 Å². The van der Waals surface area contributed by atoms with Crippen molar-refractivity contribution < 1.29 is 9.31 Å². The van der Waals surface area contributed by atoms with Crippen molar-refractivity contribution in [2.45, 2.75) is 31.7 Å². The third-order valence-corrected chi connectivity index (χ3v) is 3.31. The molecule has 1 aliphatic heterocycles. The van der Waals surface area contributed by atoms with Gasteiger partial charge in [-0.05, 0) is 12.8 Å². The maximum Gasteiger partial charge on any atom is 0.175 e. The summed E-state index contributed by atoms with van der Waals surface area (Å²) < 4.78 is 7.46. The van der Waals surface area contributed by atoms with Gasteiger partial charge in [-0.3, -0.25) is 0 Å². The van der Waals surface area contributed by atoms with Crippen molar-refractivity contribution in [3.8, 4) is 0 Å². The van der Waals surface area contributed by atoms with Gasteiger partial charge in [0.05, 0.1) is 0 Å². The predicted molar refractivity (Wildman–Crippen MR) is 59.1 cm³/mol. The molecule has 0 bridgehead atoms. The van der Waals surface area contributed by atoms with Crippen molar-refractivity contribution in [3.05, 3.63) is 10.1 Å². The molecule has 2 fully saturated rings. The lowest BCUT2D eigenvalue weighted by Gasteiger charge is -2.33. The Bertz CT molecular complexity index is 285. The van der Waals surface area contributed by atoms with E-state index in [0.717, 1.165) is 44.5 Å². The molecule has 16 heavy (non-hydrogen) atoms. The first kappa shape index (κ1) is 11.5. The highest BCUT2D eigenvalue weighted by Gasteiger charge is 2.30. The zero-order chi connectivity index (χ0) is 11.4. The fraction of sp³-hybridized carbons (Fsp3) is 0.900. The third kappa shape index (κ3) is 2.38. The second-order valence-electron chi connectivity index (χ2n) is 4.24. The van der Waals surface area contributed by atoms with Crippen LogP contribution in [0.1, 0.15) is 25.7 Å². The van der Waals surface area contributed by atoms with Crippen LogP contribution in [0, 0.1) is 10.1 Å². The Hall–Kier alpha value is -1.01. The number of hydrogen-bond acceptors (Lipinski definition) is 4. The fourth-order valence-electron chi connectivity index (χ4n) is 2.49. The standard InChI is InChI=1S/C10H17N3O3/c14-11-13(15)10-4-2-1-3-9(10)12-5-7-16-8-6-12/h10H,1-8H2. The van der Waals surface area contributed by atoms with Crippen LogP contribution in [0.5, 0.6) is 0 Å². The molecule has 1 saturated carbocycles. The second-order valence-corrected chi connectivity index (χ2v) is 4.24. The van der Waals surface area contributed by atoms with Gasteiger partial charge in [0.15, 0.2) is 18.8 Å². The maximum absolute atomic E-state index is 11.4. The summed E-state index contributed by atoms with van der Waals surface area (Å²) in [5.41, 5.74) is 1.07. The molecule has 1 heterocycles. The van der Waals surface area contributed by atoms with Gasteiger partial charge < -0.3 is 15.1 Å². The molecular formula is C10H17N3O3. The lowest BCUT2D eigenvalue weighted by molar-refractivity contribution is -0.552. The van der Waals surface area contributed by atoms with Crippen LogP contribution >= 0.6 is 0 Å². The zero-order valence-electron chi connectivity index (χ0n) is 9.30. The number of hydrogen-bond donors (Lipinski definition) is 0. The van der Waals surface area contributed by atoms with Crippen LogP contribution < -0.4 is 0 Å². The van der Waals surface area contributed by atoms with E-state index < -0.39 is 0 Å². The van der Waals surface area contributed by atoms with Gasteiger partial charge in [-0.2, -0.15) is 0 Å². The van der Waals surface area contributed by atoms with E-state index in [1.807, 2.05) is 0 Å². The van der Waals surface area contributed by atoms with Gasteiger partial charge in [0.25, 0.3) is 0 Å². The molecule has 1 saturated heterocycles. The van der Waals surface area contributed by atoms with E-state index in [1.165, 1.54) is 0 Å². The highest BCUT2D eigenvalue weighted by atomic mass is 16.6. The smallest absolute Gasteiger partial charge is 0.175 e. The molecule has 2 rings (SSSR count). The highest BCUT2D eigenvalue weighted by molar-refractivity contribution is 5.85. The molecule has 0 radical (unpaired) electrons. The number of rotatable bonds is 2. The van der Waals surface area contributed by atoms with Crippen LogP contribution in [0.2, 0.25) is 0 Å². The monoisotopic (exact) mass is 227 g/mol. The summed E-state index contributed by atoms with van der Waals surface area (Å²) in [7, 11) is 0. The molecule has 1 unspecified atom stereocenters. The van der Waals surface area contributed by atoms with Crippen LogP contribution in [0.4, 0.5) is 0 Å². The van der Waals surface area contributed by atoms with Crippen molar-refractivity contribution >= 4 is 5.71 Å². The Labute approximate surface area is 94.4 Å². The second kappa shape index (κ2) is 5.36. The van der Waals surface area contributed by atoms with Gasteiger partial charge in [0.1, 0.15) is 19.3 Å². The van der Waals surface area contributed by atoms with Crippen LogP contribution in [0.25, 0.3) is 0 Å². The molecule has 0 spiro atoms. The quantitative estimate of drug-likeness (QED) is 0.399. The molecule has 0 N–H and O–H groups in total. The van der Waals surface area contributed by atoms with E-state index in [1.54, 1.807) is 0 Å². The summed E-state index contributed by atoms with van der Waals surface area (Å²) in [6.45, 7) is 3.03. The number of ether oxygens (including phenoxy) is 1. The largest absolute Gasteiger partial charge is 0.739 e. The average Bonchev–Trinajstić information content (AvgIpc) is 2.39. The van der Waals surface area contributed by atoms with Crippen molar-refractivity contribution in [1.29, 1.82) is 0 Å². The Balaban J connectivity index is 2.17. The first-order chi connectivity index (χ1) is 7.83. The third-order valence-electron chi connectivity index (χ3n) is 3.31. The molecule has 2 aliphatic rings. The summed E-state index contributed by atoms with van der Waals surface area (Å²) in [6.07, 6.45) is 3.73. The van der Waals surface area contributed by atoms with Gasteiger partial charge in [-0.15, -0.1) is 4.91 Å². The molecule has 90 valence electrons. The van der Waals surface area contributed by atoms with E-state index in [-0.39, 0.29) is 6.04 Å². The molecular weight excluding hydrogens is 210 g/mol. The van der Waals surface area contributed by atoms with Crippen molar-refractivity contribution in [2.75, 3.05) is 26.3 Å². The van der Waals surface area contributed by atoms with Crippen molar-refractivity contribution in [2.24, 2.45) is 5.29 Å². The first-order valence-corrected chi connectivity index (χ1v) is 5.81. The zero-order valence-corrected chi connectivity index (χ0v) is 9.30. The number of morpholine rings is 1. The van der Waals surface area contributed by atoms with Crippen molar-refractivity contribution in [3.63, 3.8) is 0 Å². The van der Waals surface area contributed by atoms with Crippen LogP contribution in [0.15, 0.2) is 5.29 Å². The van der Waals surface area contributed by atoms with Crippen LogP contribution in [-0.4, -0.2) is 47.8 Å². The Kier molecular flexibility index (Phi) is 3.84. The lowest BCUT2D eigenvalue weighted by atomic mass is 9.93. The molecule has 6 heteroatoms. The molecule has 0 amide bonds. The van der Waals surface area contributed by atoms with Gasteiger partial charge >= 0.3 is 0 Å². The molecule has 0 aromatic carbocycles. The van der Waals surface area contributed by atoms with Crippen molar-refractivity contribution in [1.82, 2.24) is 5.17 Å². The normalized spacial score (nSPS) is 26.7. The van der Waals surface area contributed by atoms with Gasteiger partial charge in [-0.1, -0.05) is 6.42 Å².